The second-order valence-electron chi connectivity index (χ2n) is 5.85. The summed E-state index contributed by atoms with van der Waals surface area (Å²) in [5.74, 6) is 1.13. The van der Waals surface area contributed by atoms with Crippen LogP contribution in [0.25, 0.3) is 22.4 Å². The molecule has 0 bridgehead atoms. The van der Waals surface area contributed by atoms with Crippen LogP contribution in [0.3, 0.4) is 0 Å². The summed E-state index contributed by atoms with van der Waals surface area (Å²) >= 11 is 1.36. The van der Waals surface area contributed by atoms with Crippen LogP contribution >= 0.6 is 11.3 Å². The van der Waals surface area contributed by atoms with E-state index in [2.05, 4.69) is 10.3 Å². The van der Waals surface area contributed by atoms with E-state index in [0.717, 1.165) is 10.9 Å². The van der Waals surface area contributed by atoms with Crippen molar-refractivity contribution in [2.75, 3.05) is 12.4 Å². The lowest BCUT2D eigenvalue weighted by Crippen LogP contribution is -2.11. The first-order valence-electron chi connectivity index (χ1n) is 8.04. The number of aryl methyl sites for hydroxylation is 1. The number of thiazole rings is 1. The average molecular weight is 364 g/mol. The molecule has 130 valence electrons. The molecule has 0 saturated carbocycles. The number of anilines is 1. The summed E-state index contributed by atoms with van der Waals surface area (Å²) in [6.45, 7) is 1.98. The van der Waals surface area contributed by atoms with Gasteiger partial charge in [0.2, 0.25) is 0 Å². The van der Waals surface area contributed by atoms with Gasteiger partial charge >= 0.3 is 0 Å². The van der Waals surface area contributed by atoms with E-state index in [0.29, 0.717) is 33.5 Å². The Labute approximate surface area is 154 Å². The number of benzene rings is 2. The number of ether oxygens (including phenoxy) is 1. The number of carbonyl (C=O) groups excluding carboxylic acids is 1. The number of furan rings is 1. The lowest BCUT2D eigenvalue weighted by atomic mass is 10.1. The standard InChI is InChI=1S/C20H16N2O3S/c1-12-6-8-13(9-7-12)19(23)22-20-21-15(11-26-20)17-10-14-4-3-5-16(24-2)18(14)25-17/h3-11H,1-2H3,(H,21,22,23). The summed E-state index contributed by atoms with van der Waals surface area (Å²) in [6.07, 6.45) is 0. The van der Waals surface area contributed by atoms with Crippen molar-refractivity contribution < 1.29 is 13.9 Å². The third-order valence-electron chi connectivity index (χ3n) is 4.02. The summed E-state index contributed by atoms with van der Waals surface area (Å²) in [6, 6.07) is 15.0. The first-order chi connectivity index (χ1) is 12.6. The van der Waals surface area contributed by atoms with Crippen LogP contribution in [0.1, 0.15) is 15.9 Å². The highest BCUT2D eigenvalue weighted by Crippen LogP contribution is 2.34. The van der Waals surface area contributed by atoms with Crippen LogP contribution in [0.2, 0.25) is 0 Å². The molecule has 4 rings (SSSR count). The largest absolute Gasteiger partial charge is 0.493 e. The molecule has 0 aliphatic carbocycles. The number of fused-ring (bicyclic) bond motifs is 1. The molecule has 0 fully saturated rings. The Morgan fingerprint density at radius 1 is 1.19 bits per heavy atom. The molecule has 0 aliphatic rings. The lowest BCUT2D eigenvalue weighted by molar-refractivity contribution is 0.102. The van der Waals surface area contributed by atoms with Crippen molar-refractivity contribution in [1.82, 2.24) is 4.98 Å². The second kappa shape index (κ2) is 6.65. The van der Waals surface area contributed by atoms with E-state index in [9.17, 15) is 4.79 Å². The van der Waals surface area contributed by atoms with Gasteiger partial charge in [-0.3, -0.25) is 10.1 Å². The fraction of sp³-hybridized carbons (Fsp3) is 0.100. The fourth-order valence-corrected chi connectivity index (χ4v) is 3.34. The van der Waals surface area contributed by atoms with Gasteiger partial charge in [0.15, 0.2) is 22.2 Å². The molecule has 0 aliphatic heterocycles. The van der Waals surface area contributed by atoms with Gasteiger partial charge in [-0.1, -0.05) is 29.8 Å². The fourth-order valence-electron chi connectivity index (χ4n) is 2.64. The van der Waals surface area contributed by atoms with E-state index in [-0.39, 0.29) is 5.91 Å². The van der Waals surface area contributed by atoms with Crippen molar-refractivity contribution in [3.05, 3.63) is 65.0 Å². The number of nitrogens with one attached hydrogen (secondary N) is 1. The zero-order chi connectivity index (χ0) is 18.1. The van der Waals surface area contributed by atoms with Gasteiger partial charge in [-0.2, -0.15) is 0 Å². The molecule has 1 N–H and O–H groups in total. The highest BCUT2D eigenvalue weighted by Gasteiger charge is 2.14. The molecule has 2 heterocycles. The van der Waals surface area contributed by atoms with Gasteiger partial charge in [0.05, 0.1) is 7.11 Å². The number of rotatable bonds is 4. The van der Waals surface area contributed by atoms with Gasteiger partial charge in [-0.25, -0.2) is 4.98 Å². The predicted octanol–water partition coefficient (Wildman–Crippen LogP) is 5.13. The van der Waals surface area contributed by atoms with Gasteiger partial charge in [-0.05, 0) is 31.2 Å². The van der Waals surface area contributed by atoms with Crippen LogP contribution in [-0.2, 0) is 0 Å². The normalized spacial score (nSPS) is 10.8. The molecule has 0 atom stereocenters. The monoisotopic (exact) mass is 364 g/mol. The lowest BCUT2D eigenvalue weighted by Gasteiger charge is -2.01. The minimum Gasteiger partial charge on any atom is -0.493 e. The Hall–Kier alpha value is -3.12. The molecule has 2 aromatic carbocycles. The van der Waals surface area contributed by atoms with Crippen LogP contribution in [0, 0.1) is 6.92 Å². The Morgan fingerprint density at radius 2 is 2.00 bits per heavy atom. The maximum atomic E-state index is 12.3. The van der Waals surface area contributed by atoms with E-state index in [4.69, 9.17) is 9.15 Å². The molecule has 0 unspecified atom stereocenters. The number of hydrogen-bond acceptors (Lipinski definition) is 5. The van der Waals surface area contributed by atoms with E-state index in [1.807, 2.05) is 48.7 Å². The molecule has 0 saturated heterocycles. The summed E-state index contributed by atoms with van der Waals surface area (Å²) < 4.78 is 11.2. The highest BCUT2D eigenvalue weighted by molar-refractivity contribution is 7.14. The number of para-hydroxylation sites is 1. The topological polar surface area (TPSA) is 64.4 Å². The Bertz CT molecular complexity index is 1080. The summed E-state index contributed by atoms with van der Waals surface area (Å²) in [7, 11) is 1.61. The summed E-state index contributed by atoms with van der Waals surface area (Å²) in [5, 5.41) is 6.15. The van der Waals surface area contributed by atoms with Gasteiger partial charge < -0.3 is 9.15 Å². The van der Waals surface area contributed by atoms with Crippen LogP contribution in [0.5, 0.6) is 5.75 Å². The predicted molar refractivity (Wildman–Crippen MR) is 103 cm³/mol. The third-order valence-corrected chi connectivity index (χ3v) is 4.78. The van der Waals surface area contributed by atoms with Gasteiger partial charge in [-0.15, -0.1) is 11.3 Å². The highest BCUT2D eigenvalue weighted by atomic mass is 32.1. The van der Waals surface area contributed by atoms with Crippen molar-refractivity contribution in [3.8, 4) is 17.2 Å². The van der Waals surface area contributed by atoms with Gasteiger partial charge in [0.1, 0.15) is 5.69 Å². The molecule has 5 nitrogen and oxygen atoms in total. The van der Waals surface area contributed by atoms with Crippen LogP contribution < -0.4 is 10.1 Å². The molecular formula is C20H16N2O3S. The number of amides is 1. The molecule has 6 heteroatoms. The average Bonchev–Trinajstić information content (AvgIpc) is 3.28. The van der Waals surface area contributed by atoms with Crippen LogP contribution in [0.15, 0.2) is 58.3 Å². The molecule has 2 aromatic heterocycles. The second-order valence-corrected chi connectivity index (χ2v) is 6.71. The molecule has 4 aromatic rings. The first-order valence-corrected chi connectivity index (χ1v) is 8.92. The van der Waals surface area contributed by atoms with E-state index in [1.54, 1.807) is 19.2 Å². The Kier molecular flexibility index (Phi) is 4.18. The number of hydrogen-bond donors (Lipinski definition) is 1. The number of carbonyl (C=O) groups is 1. The smallest absolute Gasteiger partial charge is 0.257 e. The van der Waals surface area contributed by atoms with Crippen molar-refractivity contribution in [3.63, 3.8) is 0 Å². The minimum absolute atomic E-state index is 0.183. The van der Waals surface area contributed by atoms with Crippen molar-refractivity contribution >= 4 is 33.3 Å². The minimum atomic E-state index is -0.183. The van der Waals surface area contributed by atoms with Crippen molar-refractivity contribution in [2.24, 2.45) is 0 Å². The van der Waals surface area contributed by atoms with Crippen molar-refractivity contribution in [1.29, 1.82) is 0 Å². The molecule has 0 radical (unpaired) electrons. The maximum absolute atomic E-state index is 12.3. The van der Waals surface area contributed by atoms with E-state index < -0.39 is 0 Å². The quantitative estimate of drug-likeness (QED) is 0.545. The summed E-state index contributed by atoms with van der Waals surface area (Å²) in [5.41, 5.74) is 3.06. The van der Waals surface area contributed by atoms with E-state index in [1.165, 1.54) is 11.3 Å². The van der Waals surface area contributed by atoms with Crippen molar-refractivity contribution in [2.45, 2.75) is 6.92 Å². The SMILES string of the molecule is COc1cccc2cc(-c3csc(NC(=O)c4ccc(C)cc4)n3)oc12. The van der Waals surface area contributed by atoms with Gasteiger partial charge in [0, 0.05) is 16.3 Å². The molecule has 26 heavy (non-hydrogen) atoms. The number of methoxy groups -OCH3 is 1. The molecule has 1 amide bonds. The number of aromatic nitrogens is 1. The Balaban J connectivity index is 1.58. The first kappa shape index (κ1) is 16.4. The molecular weight excluding hydrogens is 348 g/mol. The Morgan fingerprint density at radius 3 is 2.77 bits per heavy atom. The molecule has 0 spiro atoms. The zero-order valence-corrected chi connectivity index (χ0v) is 15.1. The van der Waals surface area contributed by atoms with Crippen LogP contribution in [0.4, 0.5) is 5.13 Å². The number of nitrogens with zero attached hydrogens (tertiary/aromatic N) is 1. The van der Waals surface area contributed by atoms with E-state index >= 15 is 0 Å². The zero-order valence-electron chi connectivity index (χ0n) is 14.3. The maximum Gasteiger partial charge on any atom is 0.257 e. The van der Waals surface area contributed by atoms with Crippen LogP contribution in [-0.4, -0.2) is 18.0 Å². The van der Waals surface area contributed by atoms with Gasteiger partial charge in [0.25, 0.3) is 5.91 Å². The summed E-state index contributed by atoms with van der Waals surface area (Å²) in [4.78, 5) is 16.8. The third kappa shape index (κ3) is 3.07.